The molecule has 2 aliphatic heterocycles. The van der Waals surface area contributed by atoms with Crippen LogP contribution in [-0.4, -0.2) is 75.1 Å². The number of carbonyl (C=O) groups excluding carboxylic acids is 2. The van der Waals surface area contributed by atoms with Crippen LogP contribution >= 0.6 is 0 Å². The van der Waals surface area contributed by atoms with Gasteiger partial charge in [0.25, 0.3) is 11.8 Å². The van der Waals surface area contributed by atoms with Gasteiger partial charge in [-0.1, -0.05) is 30.3 Å². The Labute approximate surface area is 168 Å². The quantitative estimate of drug-likeness (QED) is 0.564. The average molecular weight is 387 g/mol. The molecule has 0 aromatic heterocycles. The van der Waals surface area contributed by atoms with Crippen LogP contribution in [0.3, 0.4) is 0 Å². The second kappa shape index (κ2) is 9.85. The van der Waals surface area contributed by atoms with Crippen LogP contribution in [0.5, 0.6) is 0 Å². The summed E-state index contributed by atoms with van der Waals surface area (Å²) >= 11 is 0. The SMILES string of the molecule is CC(C)NC(=O)C[NH+]1CCN(C(=O)C[NH+]2CC=C(c3ccccc3)CC2)CC1. The van der Waals surface area contributed by atoms with Gasteiger partial charge in [0, 0.05) is 12.5 Å². The summed E-state index contributed by atoms with van der Waals surface area (Å²) in [6.45, 7) is 10.2. The molecule has 3 rings (SSSR count). The van der Waals surface area contributed by atoms with Crippen molar-refractivity contribution in [2.45, 2.75) is 26.3 Å². The molecule has 6 heteroatoms. The van der Waals surface area contributed by atoms with Crippen molar-refractivity contribution in [2.75, 3.05) is 52.4 Å². The Kier molecular flexibility index (Phi) is 7.23. The van der Waals surface area contributed by atoms with E-state index in [4.69, 9.17) is 0 Å². The maximum absolute atomic E-state index is 12.7. The summed E-state index contributed by atoms with van der Waals surface area (Å²) < 4.78 is 0. The number of amides is 2. The molecule has 1 aromatic rings. The third-order valence-corrected chi connectivity index (χ3v) is 5.61. The summed E-state index contributed by atoms with van der Waals surface area (Å²) in [5, 5.41) is 2.94. The minimum atomic E-state index is 0.101. The van der Waals surface area contributed by atoms with Gasteiger partial charge in [-0.15, -0.1) is 0 Å². The monoisotopic (exact) mass is 386 g/mol. The van der Waals surface area contributed by atoms with Crippen LogP contribution in [0.2, 0.25) is 0 Å². The van der Waals surface area contributed by atoms with E-state index in [2.05, 4.69) is 35.7 Å². The number of hydrogen-bond donors (Lipinski definition) is 3. The van der Waals surface area contributed by atoms with E-state index in [1.165, 1.54) is 20.9 Å². The maximum Gasteiger partial charge on any atom is 0.278 e. The van der Waals surface area contributed by atoms with Crippen molar-refractivity contribution in [3.05, 3.63) is 42.0 Å². The van der Waals surface area contributed by atoms with Crippen LogP contribution in [-0.2, 0) is 9.59 Å². The summed E-state index contributed by atoms with van der Waals surface area (Å²) in [6.07, 6.45) is 3.31. The minimum Gasteiger partial charge on any atom is -0.349 e. The molecule has 0 bridgehead atoms. The van der Waals surface area contributed by atoms with Crippen molar-refractivity contribution in [1.82, 2.24) is 10.2 Å². The fraction of sp³-hybridized carbons (Fsp3) is 0.545. The highest BCUT2D eigenvalue weighted by Crippen LogP contribution is 2.17. The molecule has 28 heavy (non-hydrogen) atoms. The lowest BCUT2D eigenvalue weighted by atomic mass is 9.99. The van der Waals surface area contributed by atoms with Gasteiger partial charge in [-0.2, -0.15) is 0 Å². The molecule has 0 saturated carbocycles. The molecule has 152 valence electrons. The zero-order valence-electron chi connectivity index (χ0n) is 17.2. The minimum absolute atomic E-state index is 0.101. The molecule has 1 aromatic carbocycles. The standard InChI is InChI=1S/C22H32N4O2/c1-18(2)23-21(27)16-25-12-14-26(15-13-25)22(28)17-24-10-8-20(9-11-24)19-6-4-3-5-7-19/h3-8,18H,9-17H2,1-2H3,(H,23,27)/p+2. The molecule has 1 saturated heterocycles. The van der Waals surface area contributed by atoms with Gasteiger partial charge in [-0.25, -0.2) is 0 Å². The molecule has 0 aliphatic carbocycles. The molecule has 0 spiro atoms. The van der Waals surface area contributed by atoms with Crippen LogP contribution in [0.1, 0.15) is 25.8 Å². The lowest BCUT2D eigenvalue weighted by Gasteiger charge is -2.33. The molecule has 0 radical (unpaired) electrons. The van der Waals surface area contributed by atoms with E-state index in [1.54, 1.807) is 0 Å². The van der Waals surface area contributed by atoms with Crippen LogP contribution in [0.15, 0.2) is 36.4 Å². The zero-order valence-corrected chi connectivity index (χ0v) is 17.2. The first-order valence-corrected chi connectivity index (χ1v) is 10.5. The van der Waals surface area contributed by atoms with Crippen LogP contribution in [0, 0.1) is 0 Å². The van der Waals surface area contributed by atoms with Crippen molar-refractivity contribution >= 4 is 17.4 Å². The largest absolute Gasteiger partial charge is 0.349 e. The van der Waals surface area contributed by atoms with Crippen LogP contribution in [0.25, 0.3) is 5.57 Å². The second-order valence-corrected chi connectivity index (χ2v) is 8.26. The number of nitrogens with zero attached hydrogens (tertiary/aromatic N) is 1. The Bertz CT molecular complexity index is 694. The maximum atomic E-state index is 12.7. The van der Waals surface area contributed by atoms with Crippen LogP contribution < -0.4 is 15.1 Å². The predicted molar refractivity (Wildman–Crippen MR) is 110 cm³/mol. The first-order valence-electron chi connectivity index (χ1n) is 10.5. The Balaban J connectivity index is 1.40. The number of carbonyl (C=O) groups is 2. The van der Waals surface area contributed by atoms with Gasteiger partial charge >= 0.3 is 0 Å². The number of hydrogen-bond acceptors (Lipinski definition) is 2. The van der Waals surface area contributed by atoms with Gasteiger partial charge in [-0.3, -0.25) is 9.59 Å². The molecule has 2 aliphatic rings. The van der Waals surface area contributed by atoms with E-state index in [1.807, 2.05) is 24.8 Å². The van der Waals surface area contributed by atoms with Gasteiger partial charge in [-0.05, 0) is 31.1 Å². The van der Waals surface area contributed by atoms with Gasteiger partial charge in [0.15, 0.2) is 13.1 Å². The first kappa shape index (κ1) is 20.6. The fourth-order valence-electron chi connectivity index (χ4n) is 4.03. The highest BCUT2D eigenvalue weighted by molar-refractivity contribution is 5.78. The Morgan fingerprint density at radius 3 is 2.36 bits per heavy atom. The van der Waals surface area contributed by atoms with E-state index < -0.39 is 0 Å². The van der Waals surface area contributed by atoms with Gasteiger partial charge in [0.1, 0.15) is 0 Å². The molecule has 2 heterocycles. The number of rotatable bonds is 6. The first-order chi connectivity index (χ1) is 13.5. The highest BCUT2D eigenvalue weighted by atomic mass is 16.2. The lowest BCUT2D eigenvalue weighted by molar-refractivity contribution is -0.897. The van der Waals surface area contributed by atoms with Crippen molar-refractivity contribution in [1.29, 1.82) is 0 Å². The molecular formula is C22H34N4O2+2. The number of quaternary nitrogens is 2. The third-order valence-electron chi connectivity index (χ3n) is 5.61. The van der Waals surface area contributed by atoms with E-state index in [0.29, 0.717) is 13.1 Å². The summed E-state index contributed by atoms with van der Waals surface area (Å²) in [4.78, 5) is 29.2. The van der Waals surface area contributed by atoms with E-state index in [9.17, 15) is 9.59 Å². The summed E-state index contributed by atoms with van der Waals surface area (Å²) in [5.41, 5.74) is 2.70. The zero-order chi connectivity index (χ0) is 19.9. The topological polar surface area (TPSA) is 58.3 Å². The van der Waals surface area contributed by atoms with Crippen molar-refractivity contribution in [2.24, 2.45) is 0 Å². The second-order valence-electron chi connectivity index (χ2n) is 8.26. The molecule has 2 amide bonds. The fourth-order valence-corrected chi connectivity index (χ4v) is 4.03. The van der Waals surface area contributed by atoms with Gasteiger partial charge in [0.05, 0.1) is 39.3 Å². The van der Waals surface area contributed by atoms with Crippen molar-refractivity contribution in [3.8, 4) is 0 Å². The van der Waals surface area contributed by atoms with E-state index in [-0.39, 0.29) is 17.9 Å². The molecule has 1 fully saturated rings. The third kappa shape index (κ3) is 5.91. The molecule has 1 atom stereocenters. The smallest absolute Gasteiger partial charge is 0.278 e. The van der Waals surface area contributed by atoms with Gasteiger partial charge in [0.2, 0.25) is 0 Å². The molecule has 6 nitrogen and oxygen atoms in total. The molecular weight excluding hydrogens is 352 g/mol. The number of piperazine rings is 1. The molecule has 1 unspecified atom stereocenters. The van der Waals surface area contributed by atoms with Crippen LogP contribution in [0.4, 0.5) is 0 Å². The average Bonchev–Trinajstić information content (AvgIpc) is 2.69. The normalized spacial score (nSPS) is 20.8. The summed E-state index contributed by atoms with van der Waals surface area (Å²) in [5.74, 6) is 0.348. The predicted octanol–water partition coefficient (Wildman–Crippen LogP) is -1.39. The van der Waals surface area contributed by atoms with Crippen molar-refractivity contribution < 1.29 is 19.4 Å². The Morgan fingerprint density at radius 1 is 1.04 bits per heavy atom. The molecule has 3 N–H and O–H groups in total. The Morgan fingerprint density at radius 2 is 1.75 bits per heavy atom. The number of benzene rings is 1. The Hall–Kier alpha value is -2.18. The van der Waals surface area contributed by atoms with Gasteiger partial charge < -0.3 is 20.0 Å². The lowest BCUT2D eigenvalue weighted by Crippen LogP contribution is -3.16. The summed E-state index contributed by atoms with van der Waals surface area (Å²) in [7, 11) is 0. The van der Waals surface area contributed by atoms with E-state index >= 15 is 0 Å². The highest BCUT2D eigenvalue weighted by Gasteiger charge is 2.28. The number of nitrogens with one attached hydrogen (secondary N) is 3. The van der Waals surface area contributed by atoms with Crippen molar-refractivity contribution in [3.63, 3.8) is 0 Å². The summed E-state index contributed by atoms with van der Waals surface area (Å²) in [6, 6.07) is 10.7. The van der Waals surface area contributed by atoms with E-state index in [0.717, 1.165) is 45.7 Å².